The summed E-state index contributed by atoms with van der Waals surface area (Å²) in [4.78, 5) is 6.77. The van der Waals surface area contributed by atoms with Gasteiger partial charge in [-0.3, -0.25) is 4.98 Å². The lowest BCUT2D eigenvalue weighted by molar-refractivity contribution is 0.585. The van der Waals surface area contributed by atoms with Gasteiger partial charge in [-0.2, -0.15) is 0 Å². The van der Waals surface area contributed by atoms with Gasteiger partial charge in [0, 0.05) is 21.6 Å². The first-order chi connectivity index (χ1) is 10.4. The molecule has 2 aliphatic rings. The first-order valence-corrected chi connectivity index (χ1v) is 7.74. The number of hydrogen-bond acceptors (Lipinski definition) is 3. The average Bonchev–Trinajstić information content (AvgIpc) is 2.55. The molecule has 0 fully saturated rings. The van der Waals surface area contributed by atoms with Gasteiger partial charge >= 0.3 is 6.92 Å². The van der Waals surface area contributed by atoms with Crippen LogP contribution in [0.3, 0.4) is 0 Å². The molecule has 0 spiro atoms. The second kappa shape index (κ2) is 4.15. The lowest BCUT2D eigenvalue weighted by Gasteiger charge is -2.32. The molecule has 3 heterocycles. The molecule has 2 aromatic carbocycles. The van der Waals surface area contributed by atoms with Crippen molar-refractivity contribution in [3.8, 4) is 16.9 Å². The van der Waals surface area contributed by atoms with Crippen molar-refractivity contribution in [1.29, 1.82) is 0 Å². The van der Waals surface area contributed by atoms with Crippen LogP contribution >= 0.6 is 11.8 Å². The largest absolute Gasteiger partial charge is 0.550 e. The summed E-state index contributed by atoms with van der Waals surface area (Å²) in [5.74, 6) is 0.869. The van der Waals surface area contributed by atoms with E-state index in [1.54, 1.807) is 0 Å². The highest BCUT2D eigenvalue weighted by Gasteiger charge is 2.39. The standard InChI is InChI=1S/C17H10BNOS/c1-2-6-15-13(5-1)18-17-12(4-3-7-16(17)21-15)11-8-9-19-10-14(11)20-18/h1-10H. The summed E-state index contributed by atoms with van der Waals surface area (Å²) in [6, 6.07) is 17.0. The van der Waals surface area contributed by atoms with Gasteiger partial charge in [0.25, 0.3) is 0 Å². The molecule has 1 aromatic heterocycles. The van der Waals surface area contributed by atoms with E-state index in [-0.39, 0.29) is 6.92 Å². The molecule has 0 aliphatic carbocycles. The number of pyridine rings is 1. The van der Waals surface area contributed by atoms with Crippen molar-refractivity contribution < 1.29 is 4.65 Å². The van der Waals surface area contributed by atoms with Crippen LogP contribution in [-0.4, -0.2) is 11.9 Å². The zero-order chi connectivity index (χ0) is 13.8. The van der Waals surface area contributed by atoms with Gasteiger partial charge in [0.2, 0.25) is 0 Å². The highest BCUT2D eigenvalue weighted by atomic mass is 32.2. The molecule has 3 aromatic rings. The van der Waals surface area contributed by atoms with Gasteiger partial charge in [-0.1, -0.05) is 42.1 Å². The third-order valence-electron chi connectivity index (χ3n) is 4.07. The van der Waals surface area contributed by atoms with E-state index < -0.39 is 0 Å². The topological polar surface area (TPSA) is 22.1 Å². The van der Waals surface area contributed by atoms with Crippen molar-refractivity contribution in [2.45, 2.75) is 9.79 Å². The van der Waals surface area contributed by atoms with Gasteiger partial charge in [0.1, 0.15) is 5.75 Å². The van der Waals surface area contributed by atoms with E-state index in [1.807, 2.05) is 30.2 Å². The van der Waals surface area contributed by atoms with Crippen molar-refractivity contribution >= 4 is 29.6 Å². The fraction of sp³-hybridized carbons (Fsp3) is 0. The summed E-state index contributed by atoms with van der Waals surface area (Å²) in [5, 5.41) is 0. The van der Waals surface area contributed by atoms with Crippen molar-refractivity contribution in [1.82, 2.24) is 4.98 Å². The minimum Gasteiger partial charge on any atom is -0.550 e. The molecular formula is C17H10BNOS. The first kappa shape index (κ1) is 11.5. The zero-order valence-electron chi connectivity index (χ0n) is 11.1. The Bertz CT molecular complexity index is 880. The number of benzene rings is 2. The van der Waals surface area contributed by atoms with Crippen LogP contribution in [0.2, 0.25) is 0 Å². The Morgan fingerprint density at radius 2 is 1.81 bits per heavy atom. The second-order valence-electron chi connectivity index (χ2n) is 5.23. The molecule has 0 N–H and O–H groups in total. The van der Waals surface area contributed by atoms with Crippen LogP contribution < -0.4 is 15.6 Å². The number of rotatable bonds is 0. The molecule has 0 radical (unpaired) electrons. The normalized spacial score (nSPS) is 13.8. The summed E-state index contributed by atoms with van der Waals surface area (Å²) in [6.45, 7) is -0.0228. The van der Waals surface area contributed by atoms with Gasteiger partial charge in [0.15, 0.2) is 0 Å². The average molecular weight is 287 g/mol. The quantitative estimate of drug-likeness (QED) is 0.594. The number of hydrogen-bond donors (Lipinski definition) is 0. The van der Waals surface area contributed by atoms with Gasteiger partial charge in [-0.05, 0) is 34.7 Å². The summed E-state index contributed by atoms with van der Waals surface area (Å²) < 4.78 is 6.29. The molecule has 21 heavy (non-hydrogen) atoms. The van der Waals surface area contributed by atoms with Gasteiger partial charge in [-0.25, -0.2) is 0 Å². The van der Waals surface area contributed by atoms with Gasteiger partial charge in [0.05, 0.1) is 6.20 Å². The summed E-state index contributed by atoms with van der Waals surface area (Å²) in [5.41, 5.74) is 4.94. The smallest absolute Gasteiger partial charge is 0.429 e. The Kier molecular flexibility index (Phi) is 2.27. The van der Waals surface area contributed by atoms with E-state index in [0.717, 1.165) is 11.3 Å². The molecule has 0 amide bonds. The van der Waals surface area contributed by atoms with E-state index in [4.69, 9.17) is 4.65 Å². The summed E-state index contributed by atoms with van der Waals surface area (Å²) >= 11 is 1.83. The number of nitrogens with zero attached hydrogens (tertiary/aromatic N) is 1. The maximum atomic E-state index is 6.29. The van der Waals surface area contributed by atoms with Crippen molar-refractivity contribution in [3.05, 3.63) is 60.9 Å². The van der Waals surface area contributed by atoms with E-state index in [9.17, 15) is 0 Å². The van der Waals surface area contributed by atoms with Crippen LogP contribution in [-0.2, 0) is 0 Å². The zero-order valence-corrected chi connectivity index (χ0v) is 11.9. The fourth-order valence-corrected chi connectivity index (χ4v) is 4.30. The SMILES string of the molecule is c1ccc2c(c1)Sc1cccc3c1B2Oc1cnccc1-3. The highest BCUT2D eigenvalue weighted by molar-refractivity contribution is 8.00. The summed E-state index contributed by atoms with van der Waals surface area (Å²) in [7, 11) is 0. The van der Waals surface area contributed by atoms with E-state index in [1.165, 1.54) is 26.3 Å². The molecule has 0 atom stereocenters. The molecular weight excluding hydrogens is 277 g/mol. The fourth-order valence-electron chi connectivity index (χ4n) is 3.15. The molecule has 0 unspecified atom stereocenters. The predicted octanol–water partition coefficient (Wildman–Crippen LogP) is 2.71. The molecule has 98 valence electrons. The van der Waals surface area contributed by atoms with Gasteiger partial charge in [-0.15, -0.1) is 0 Å². The van der Waals surface area contributed by atoms with E-state index >= 15 is 0 Å². The van der Waals surface area contributed by atoms with Gasteiger partial charge < -0.3 is 4.65 Å². The molecule has 5 rings (SSSR count). The molecule has 4 heteroatoms. The third kappa shape index (κ3) is 1.54. The Morgan fingerprint density at radius 3 is 2.81 bits per heavy atom. The monoisotopic (exact) mass is 287 g/mol. The van der Waals surface area contributed by atoms with Crippen molar-refractivity contribution in [2.24, 2.45) is 0 Å². The van der Waals surface area contributed by atoms with Crippen LogP contribution in [0, 0.1) is 0 Å². The Labute approximate surface area is 127 Å². The lowest BCUT2D eigenvalue weighted by atomic mass is 9.52. The molecule has 2 aliphatic heterocycles. The van der Waals surface area contributed by atoms with Crippen molar-refractivity contribution in [3.63, 3.8) is 0 Å². The minimum absolute atomic E-state index is 0.0228. The molecule has 0 bridgehead atoms. The highest BCUT2D eigenvalue weighted by Crippen LogP contribution is 2.39. The lowest BCUT2D eigenvalue weighted by Crippen LogP contribution is -2.53. The Hall–Kier alpha value is -2.20. The molecule has 0 saturated heterocycles. The van der Waals surface area contributed by atoms with Crippen LogP contribution in [0.15, 0.2) is 70.7 Å². The second-order valence-corrected chi connectivity index (χ2v) is 6.31. The minimum atomic E-state index is -0.0228. The van der Waals surface area contributed by atoms with E-state index in [0.29, 0.717) is 0 Å². The third-order valence-corrected chi connectivity index (χ3v) is 5.24. The maximum absolute atomic E-state index is 6.29. The van der Waals surface area contributed by atoms with Crippen LogP contribution in [0.1, 0.15) is 0 Å². The van der Waals surface area contributed by atoms with Crippen molar-refractivity contribution in [2.75, 3.05) is 0 Å². The maximum Gasteiger partial charge on any atom is 0.429 e. The number of aromatic nitrogens is 1. The van der Waals surface area contributed by atoms with Crippen LogP contribution in [0.25, 0.3) is 11.1 Å². The molecule has 2 nitrogen and oxygen atoms in total. The summed E-state index contributed by atoms with van der Waals surface area (Å²) in [6.07, 6.45) is 3.64. The molecule has 0 saturated carbocycles. The Balaban J connectivity index is 1.85. The van der Waals surface area contributed by atoms with Crippen LogP contribution in [0.5, 0.6) is 5.75 Å². The van der Waals surface area contributed by atoms with Crippen LogP contribution in [0.4, 0.5) is 0 Å². The van der Waals surface area contributed by atoms with E-state index in [2.05, 4.69) is 47.4 Å². The number of fused-ring (bicyclic) bond motifs is 4. The Morgan fingerprint density at radius 1 is 0.905 bits per heavy atom. The predicted molar refractivity (Wildman–Crippen MR) is 85.9 cm³/mol. The first-order valence-electron chi connectivity index (χ1n) is 6.92.